The van der Waals surface area contributed by atoms with Crippen molar-refractivity contribution in [3.63, 3.8) is 0 Å². The molecule has 1 fully saturated rings. The van der Waals surface area contributed by atoms with Crippen molar-refractivity contribution in [3.8, 4) is 0 Å². The summed E-state index contributed by atoms with van der Waals surface area (Å²) in [6, 6.07) is 11.5. The van der Waals surface area contributed by atoms with Crippen LogP contribution in [0.2, 0.25) is 0 Å². The Labute approximate surface area is 234 Å². The second kappa shape index (κ2) is 10.8. The van der Waals surface area contributed by atoms with Crippen molar-refractivity contribution >= 4 is 41.9 Å². The minimum atomic E-state index is -5.76. The van der Waals surface area contributed by atoms with Gasteiger partial charge in [-0.15, -0.1) is 0 Å². The summed E-state index contributed by atoms with van der Waals surface area (Å²) in [6.07, 6.45) is 5.66. The summed E-state index contributed by atoms with van der Waals surface area (Å²) in [5, 5.41) is 2.84. The van der Waals surface area contributed by atoms with Crippen LogP contribution in [0.15, 0.2) is 66.7 Å². The summed E-state index contributed by atoms with van der Waals surface area (Å²) in [5.74, 6) is -1.28. The number of fused-ring (bicyclic) bond motifs is 2. The number of rotatable bonds is 6. The Morgan fingerprint density at radius 3 is 2.49 bits per heavy atom. The number of aromatic nitrogens is 1. The fourth-order valence-electron chi connectivity index (χ4n) is 5.43. The number of hydrogen-bond acceptors (Lipinski definition) is 4. The van der Waals surface area contributed by atoms with Gasteiger partial charge in [-0.3, -0.25) is 18.9 Å². The summed E-state index contributed by atoms with van der Waals surface area (Å²) in [7, 11) is -4.10. The van der Waals surface area contributed by atoms with Crippen molar-refractivity contribution < 1.29 is 37.5 Å². The Morgan fingerprint density at radius 2 is 1.78 bits per heavy atom. The molecular weight excluding hydrogens is 557 g/mol. The highest BCUT2D eigenvalue weighted by Crippen LogP contribution is 2.59. The van der Waals surface area contributed by atoms with Crippen molar-refractivity contribution in [2.24, 2.45) is 0 Å². The number of amides is 3. The Balaban J connectivity index is 1.36. The van der Waals surface area contributed by atoms with Gasteiger partial charge < -0.3 is 29.9 Å². The van der Waals surface area contributed by atoms with Crippen molar-refractivity contribution in [1.82, 2.24) is 15.2 Å². The predicted molar refractivity (Wildman–Crippen MR) is 147 cm³/mol. The van der Waals surface area contributed by atoms with Crippen LogP contribution in [-0.2, 0) is 19.8 Å². The van der Waals surface area contributed by atoms with E-state index >= 15 is 0 Å². The maximum atomic E-state index is 14.2. The summed E-state index contributed by atoms with van der Waals surface area (Å²) >= 11 is 0. The number of nitrogens with one attached hydrogen (secondary N) is 2. The van der Waals surface area contributed by atoms with E-state index < -0.39 is 36.8 Å². The van der Waals surface area contributed by atoms with Crippen LogP contribution in [0.4, 0.5) is 14.5 Å². The molecule has 4 N–H and O–H groups in total. The van der Waals surface area contributed by atoms with Crippen LogP contribution in [0.3, 0.4) is 0 Å². The van der Waals surface area contributed by atoms with E-state index in [1.165, 1.54) is 17.0 Å². The number of likely N-dealkylation sites (N-methyl/N-ethyl adjacent to an activating group) is 1. The van der Waals surface area contributed by atoms with Gasteiger partial charge in [0.05, 0.1) is 0 Å². The van der Waals surface area contributed by atoms with E-state index in [9.17, 15) is 27.7 Å². The first-order valence-electron chi connectivity index (χ1n) is 13.1. The van der Waals surface area contributed by atoms with Gasteiger partial charge in [0.1, 0.15) is 17.8 Å². The molecule has 1 aromatic heterocycles. The first-order chi connectivity index (χ1) is 19.4. The lowest BCUT2D eigenvalue weighted by Gasteiger charge is -2.35. The predicted octanol–water partition coefficient (Wildman–Crippen LogP) is 3.87. The molecule has 3 aromatic rings. The zero-order chi connectivity index (χ0) is 29.5. The molecule has 216 valence electrons. The standard InChI is InChI=1S/C28H29F2N4O6P/c1-33(19-7-3-2-4-8-19)27(37)24-14-12-20-9-5-6-10-22(26(36)34(20)24)32-25(35)23-16-17-15-18(11-13-21(17)31-23)28(29,30)41(38,39)40/h2-8,11,13,15-16,20,22,24,31H,9-10,12,14H2,1H3,(H,32,35)(H2,38,39,40)/b6-5-/t20-,22-,24-/m0/s1. The van der Waals surface area contributed by atoms with Crippen LogP contribution in [0.5, 0.6) is 0 Å². The lowest BCUT2D eigenvalue weighted by atomic mass is 10.0. The third-order valence-electron chi connectivity index (χ3n) is 7.64. The molecular formula is C28H29F2N4O6P. The van der Waals surface area contributed by atoms with Gasteiger partial charge >= 0.3 is 13.3 Å². The molecule has 2 aliphatic heterocycles. The van der Waals surface area contributed by atoms with Gasteiger partial charge in [-0.25, -0.2) is 0 Å². The highest BCUT2D eigenvalue weighted by Gasteiger charge is 2.50. The van der Waals surface area contributed by atoms with E-state index in [4.69, 9.17) is 9.79 Å². The molecule has 3 atom stereocenters. The minimum Gasteiger partial charge on any atom is -0.351 e. The summed E-state index contributed by atoms with van der Waals surface area (Å²) in [6.45, 7) is 0. The van der Waals surface area contributed by atoms with Crippen LogP contribution in [0.25, 0.3) is 10.9 Å². The number of carbonyl (C=O) groups excluding carboxylic acids is 3. The number of hydrogen-bond donors (Lipinski definition) is 4. The molecule has 0 spiro atoms. The van der Waals surface area contributed by atoms with Gasteiger partial charge in [0.15, 0.2) is 0 Å². The zero-order valence-corrected chi connectivity index (χ0v) is 22.9. The first kappa shape index (κ1) is 28.7. The number of carbonyl (C=O) groups is 3. The van der Waals surface area contributed by atoms with Crippen molar-refractivity contribution in [3.05, 3.63) is 78.0 Å². The molecule has 0 saturated carbocycles. The maximum Gasteiger partial charge on any atom is 0.399 e. The fraction of sp³-hybridized carbons (Fsp3) is 0.321. The van der Waals surface area contributed by atoms with Crippen LogP contribution in [-0.4, -0.2) is 62.6 Å². The fourth-order valence-corrected chi connectivity index (χ4v) is 5.90. The normalized spacial score (nSPS) is 22.1. The van der Waals surface area contributed by atoms with E-state index in [2.05, 4.69) is 10.3 Å². The first-order valence-corrected chi connectivity index (χ1v) is 14.7. The number of anilines is 1. The van der Waals surface area contributed by atoms with Crippen LogP contribution < -0.4 is 10.2 Å². The topological polar surface area (TPSA) is 143 Å². The van der Waals surface area contributed by atoms with Crippen LogP contribution in [0, 0.1) is 0 Å². The molecule has 5 rings (SSSR count). The Morgan fingerprint density at radius 1 is 1.07 bits per heavy atom. The lowest BCUT2D eigenvalue weighted by molar-refractivity contribution is -0.141. The number of alkyl halides is 2. The smallest absolute Gasteiger partial charge is 0.351 e. The Hall–Kier alpha value is -3.86. The molecule has 0 unspecified atom stereocenters. The average Bonchev–Trinajstić information content (AvgIpc) is 3.56. The maximum absolute atomic E-state index is 14.2. The van der Waals surface area contributed by atoms with Gasteiger partial charge in [0, 0.05) is 35.2 Å². The third kappa shape index (κ3) is 5.42. The molecule has 2 aliphatic rings. The highest BCUT2D eigenvalue weighted by atomic mass is 31.2. The summed E-state index contributed by atoms with van der Waals surface area (Å²) in [5.41, 5.74) is -4.32. The largest absolute Gasteiger partial charge is 0.399 e. The molecule has 1 saturated heterocycles. The molecule has 3 amide bonds. The molecule has 0 aliphatic carbocycles. The number of benzene rings is 2. The molecule has 13 heteroatoms. The number of halogens is 2. The minimum absolute atomic E-state index is 0.0232. The molecule has 41 heavy (non-hydrogen) atoms. The summed E-state index contributed by atoms with van der Waals surface area (Å²) in [4.78, 5) is 64.4. The number of para-hydroxylation sites is 1. The van der Waals surface area contributed by atoms with Gasteiger partial charge in [-0.05, 0) is 56.0 Å². The van der Waals surface area contributed by atoms with Gasteiger partial charge in [0.25, 0.3) is 5.91 Å². The SMILES string of the molecule is CN(C(=O)[C@@H]1CC[C@@H]2C/C=C\C[C@H](NC(=O)c3cc4cc(C(F)(F)P(=O)(O)O)ccc4[nH]3)C(=O)N21)c1ccccc1. The Kier molecular flexibility index (Phi) is 7.58. The van der Waals surface area contributed by atoms with E-state index in [1.807, 2.05) is 42.5 Å². The van der Waals surface area contributed by atoms with Crippen molar-refractivity contribution in [2.45, 2.75) is 49.5 Å². The van der Waals surface area contributed by atoms with E-state index in [0.717, 1.165) is 12.1 Å². The molecule has 10 nitrogen and oxygen atoms in total. The molecule has 2 aromatic carbocycles. The van der Waals surface area contributed by atoms with Crippen molar-refractivity contribution in [2.75, 3.05) is 11.9 Å². The van der Waals surface area contributed by atoms with E-state index in [-0.39, 0.29) is 35.4 Å². The Bertz CT molecular complexity index is 1570. The third-order valence-corrected chi connectivity index (χ3v) is 8.63. The molecule has 3 heterocycles. The van der Waals surface area contributed by atoms with Gasteiger partial charge in [-0.1, -0.05) is 36.4 Å². The number of H-pyrrole nitrogens is 1. The van der Waals surface area contributed by atoms with Crippen molar-refractivity contribution in [1.29, 1.82) is 0 Å². The van der Waals surface area contributed by atoms with E-state index in [0.29, 0.717) is 30.5 Å². The highest BCUT2D eigenvalue weighted by molar-refractivity contribution is 7.52. The lowest BCUT2D eigenvalue weighted by Crippen LogP contribution is -2.56. The quantitative estimate of drug-likeness (QED) is 0.255. The molecule has 0 bridgehead atoms. The van der Waals surface area contributed by atoms with Gasteiger partial charge in [0.2, 0.25) is 11.8 Å². The second-order valence-corrected chi connectivity index (χ2v) is 11.9. The second-order valence-electron chi connectivity index (χ2n) is 10.3. The average molecular weight is 587 g/mol. The van der Waals surface area contributed by atoms with Gasteiger partial charge in [-0.2, -0.15) is 8.78 Å². The van der Waals surface area contributed by atoms with E-state index in [1.54, 1.807) is 11.9 Å². The van der Waals surface area contributed by atoms with Crippen LogP contribution in [0.1, 0.15) is 41.7 Å². The molecule has 0 radical (unpaired) electrons. The zero-order valence-electron chi connectivity index (χ0n) is 22.0. The van der Waals surface area contributed by atoms with Crippen LogP contribution >= 0.6 is 7.60 Å². The monoisotopic (exact) mass is 586 g/mol. The number of nitrogens with zero attached hydrogens (tertiary/aromatic N) is 2. The summed E-state index contributed by atoms with van der Waals surface area (Å²) < 4.78 is 39.7. The number of aromatic amines is 1.